The Morgan fingerprint density at radius 2 is 1.30 bits per heavy atom. The van der Waals surface area contributed by atoms with Gasteiger partial charge in [-0.2, -0.15) is 0 Å². The number of aliphatic hydroxyl groups excluding tert-OH is 2. The van der Waals surface area contributed by atoms with Gasteiger partial charge in [-0.3, -0.25) is 43.2 Å². The summed E-state index contributed by atoms with van der Waals surface area (Å²) >= 11 is 6.91. The van der Waals surface area contributed by atoms with Crippen LogP contribution in [0.4, 0.5) is 10.1 Å². The van der Waals surface area contributed by atoms with Crippen LogP contribution < -0.4 is 63.1 Å². The fraction of sp³-hybridized carbons (Fsp3) is 0.338. The number of hydrogen-bond acceptors (Lipinski definition) is 19. The van der Waals surface area contributed by atoms with Crippen molar-refractivity contribution in [2.75, 3.05) is 26.5 Å². The molecule has 0 saturated heterocycles. The van der Waals surface area contributed by atoms with Gasteiger partial charge in [0.15, 0.2) is 17.2 Å². The summed E-state index contributed by atoms with van der Waals surface area (Å²) in [7, 11) is 4.19. The Kier molecular flexibility index (Phi) is 22.0. The minimum Gasteiger partial charge on any atom is -0.507 e. The number of nitrogens with two attached hydrogens (primary N) is 1. The highest BCUT2D eigenvalue weighted by Gasteiger charge is 2.44. The van der Waals surface area contributed by atoms with Gasteiger partial charge in [0.1, 0.15) is 89.0 Å². The quantitative estimate of drug-likeness (QED) is 0.0645. The van der Waals surface area contributed by atoms with Crippen LogP contribution >= 0.6 is 11.6 Å². The second-order valence-corrected chi connectivity index (χ2v) is 25.1. The summed E-state index contributed by atoms with van der Waals surface area (Å²) in [4.78, 5) is 134. The maximum Gasteiger partial charge on any atom is 0.248 e. The molecule has 11 rings (SSSR count). The van der Waals surface area contributed by atoms with Crippen molar-refractivity contribution in [3.63, 3.8) is 0 Å². The van der Waals surface area contributed by atoms with Gasteiger partial charge in [0, 0.05) is 31.8 Å². The lowest BCUT2D eigenvalue weighted by Crippen LogP contribution is -2.60. The van der Waals surface area contributed by atoms with E-state index in [2.05, 4.69) is 47.9 Å². The predicted molar refractivity (Wildman–Crippen MR) is 351 cm³/mol. The third-order valence-electron chi connectivity index (χ3n) is 16.9. The molecule has 0 fully saturated rings. The second-order valence-electron chi connectivity index (χ2n) is 24.7. The number of nitrogens with one attached hydrogen (secondary N) is 9. The van der Waals surface area contributed by atoms with E-state index >= 15 is 19.2 Å². The van der Waals surface area contributed by atoms with E-state index in [-0.39, 0.29) is 58.0 Å². The average molecular weight is 1370 g/mol. The molecule has 0 aliphatic carbocycles. The number of phenols is 4. The van der Waals surface area contributed by atoms with Crippen LogP contribution in [-0.2, 0) is 49.7 Å². The van der Waals surface area contributed by atoms with Crippen molar-refractivity contribution in [3.05, 3.63) is 147 Å². The predicted octanol–water partition coefficient (Wildman–Crippen LogP) is 4.03. The molecule has 5 aliphatic heterocycles. The van der Waals surface area contributed by atoms with Gasteiger partial charge in [-0.25, -0.2) is 4.39 Å². The van der Waals surface area contributed by atoms with Gasteiger partial charge in [0.05, 0.1) is 17.5 Å². The van der Waals surface area contributed by atoms with Crippen molar-refractivity contribution >= 4 is 70.5 Å². The van der Waals surface area contributed by atoms with Crippen molar-refractivity contribution in [3.8, 4) is 57.1 Å². The molecule has 98 heavy (non-hydrogen) atoms. The second kappa shape index (κ2) is 30.1. The molecule has 5 heterocycles. The van der Waals surface area contributed by atoms with Crippen LogP contribution in [0.1, 0.15) is 111 Å². The number of benzene rings is 6. The number of nitrogens with zero attached hydrogens (tertiary/aromatic N) is 1. The SMILES string of the molecule is CNC(=O)C1NC(=O)C2NC(=O)C(NC(=O)C3NC(=O)C(CC(N)=O)NC(=O)C(NC(=O)C(CC(C)C)N(C)C(=O)[C@H](CC(C)C)NC)C(O)c4ccc(c(Cl)c4)Oc4cc3cc(c4O)Oc3ccc(cc3)C2O)c2cccc(O)c2-c2c1cc(O)c(NCc1ccc(F)cc1)c2O. The number of carbonyl (C=O) groups is 9. The molecular weight excluding hydrogens is 1300 g/mol. The van der Waals surface area contributed by atoms with Crippen LogP contribution in [0.2, 0.25) is 5.02 Å². The molecule has 6 aromatic carbocycles. The number of phenolic OH excluding ortho intramolecular Hbond substituents is 4. The maximum atomic E-state index is 15.9. The smallest absolute Gasteiger partial charge is 0.248 e. The lowest BCUT2D eigenvalue weighted by atomic mass is 9.86. The molecule has 0 radical (unpaired) electrons. The summed E-state index contributed by atoms with van der Waals surface area (Å²) in [5.41, 5.74) is 3.16. The highest BCUT2D eigenvalue weighted by Crippen LogP contribution is 2.52. The Hall–Kier alpha value is -10.8. The van der Waals surface area contributed by atoms with Gasteiger partial charge < -0.3 is 98.6 Å². The van der Waals surface area contributed by atoms with Gasteiger partial charge in [-0.1, -0.05) is 81.8 Å². The molecule has 0 spiro atoms. The monoisotopic (exact) mass is 1370 g/mol. The van der Waals surface area contributed by atoms with Gasteiger partial charge >= 0.3 is 0 Å². The molecular formula is C68H75ClFN11O17. The lowest BCUT2D eigenvalue weighted by molar-refractivity contribution is -0.143. The number of rotatable bonds is 15. The fourth-order valence-corrected chi connectivity index (χ4v) is 12.1. The Balaban J connectivity index is 1.24. The standard InChI is InChI=1S/C68H75ClFN11O17/c1-29(2)21-41(72-5)68(96)81(7)42(22-30(3)4)62(90)79-56-58(86)33-15-20-45(39(69)23-33)98-47-25-34-24-46(59(47)87)97-36-18-13-32(14-19-36)57(85)55-67(95)78-53(63(91)73-6)38-26-44(83)54(74-28-31-11-16-35(70)17-12-31)60(88)50(38)49-37(9-8-10-43(49)82)52(65(93)80-55)77-64(92)51(34)76-61(89)40(27-48(71)84)75-66(56)94/h8-20,23-26,29-30,40-42,51-53,55-58,72,74,82-83,85-88H,21-22,27-28H2,1-7H3,(H2,71,84)(H,73,91)(H,75,94)(H,76,89)(H,77,92)(H,78,95)(H,79,90)(H,80,93)/t40?,41-,42?,51?,52?,53?,55?,56?,57?,58?/m0/s1. The number of carbonyl (C=O) groups excluding carboxylic acids is 9. The van der Waals surface area contributed by atoms with Crippen molar-refractivity contribution in [1.82, 2.24) is 47.4 Å². The van der Waals surface area contributed by atoms with Crippen LogP contribution in [-0.4, -0.2) is 140 Å². The van der Waals surface area contributed by atoms with Gasteiger partial charge in [0.2, 0.25) is 58.9 Å². The third kappa shape index (κ3) is 15.6. The molecule has 30 heteroatoms. The molecule has 6 aromatic rings. The number of ether oxygens (including phenoxy) is 2. The first kappa shape index (κ1) is 71.5. The minimum absolute atomic E-state index is 0.0424. The first-order valence-corrected chi connectivity index (χ1v) is 31.5. The van der Waals surface area contributed by atoms with E-state index in [0.717, 1.165) is 42.5 Å². The molecule has 5 aliphatic rings. The normalized spacial score (nSPS) is 20.7. The van der Waals surface area contributed by atoms with Crippen molar-refractivity contribution < 1.29 is 87.7 Å². The lowest BCUT2D eigenvalue weighted by Gasteiger charge is -2.34. The van der Waals surface area contributed by atoms with Crippen LogP contribution in [0, 0.1) is 17.7 Å². The Bertz CT molecular complexity index is 4110. The highest BCUT2D eigenvalue weighted by atomic mass is 35.5. The number of aliphatic hydroxyl groups is 2. The van der Waals surface area contributed by atoms with Crippen LogP contribution in [0.3, 0.4) is 0 Å². The van der Waals surface area contributed by atoms with Gasteiger partial charge in [-0.05, 0) is 126 Å². The summed E-state index contributed by atoms with van der Waals surface area (Å²) in [6, 6.07) is 5.53. The Labute approximate surface area is 565 Å². The number of fused-ring (bicyclic) bond motifs is 14. The summed E-state index contributed by atoms with van der Waals surface area (Å²) < 4.78 is 26.5. The molecule has 0 aromatic heterocycles. The van der Waals surface area contributed by atoms with E-state index in [4.69, 9.17) is 26.8 Å². The fourth-order valence-electron chi connectivity index (χ4n) is 11.8. The summed E-state index contributed by atoms with van der Waals surface area (Å²) in [5.74, 6) is -15.8. The summed E-state index contributed by atoms with van der Waals surface area (Å²) in [6.07, 6.45) is -4.74. The Morgan fingerprint density at radius 1 is 0.653 bits per heavy atom. The molecule has 9 amide bonds. The topological polar surface area (TPSA) is 431 Å². The number of halogens is 2. The largest absolute Gasteiger partial charge is 0.507 e. The van der Waals surface area contributed by atoms with Crippen LogP contribution in [0.15, 0.2) is 103 Å². The highest BCUT2D eigenvalue weighted by molar-refractivity contribution is 6.32. The van der Waals surface area contributed by atoms with E-state index < -0.39 is 188 Å². The molecule has 28 nitrogen and oxygen atoms in total. The number of aromatic hydroxyl groups is 4. The molecule has 17 N–H and O–H groups in total. The number of amides is 9. The van der Waals surface area contributed by atoms with Gasteiger partial charge in [0.25, 0.3) is 0 Å². The van der Waals surface area contributed by atoms with Crippen molar-refractivity contribution in [1.29, 1.82) is 0 Å². The van der Waals surface area contributed by atoms with Gasteiger partial charge in [-0.15, -0.1) is 0 Å². The third-order valence-corrected chi connectivity index (χ3v) is 17.2. The maximum absolute atomic E-state index is 15.9. The van der Waals surface area contributed by atoms with E-state index in [1.54, 1.807) is 20.9 Å². The number of hydrogen-bond donors (Lipinski definition) is 16. The summed E-state index contributed by atoms with van der Waals surface area (Å²) in [5, 5.41) is 96.1. The Morgan fingerprint density at radius 3 is 1.93 bits per heavy atom. The molecule has 10 atom stereocenters. The van der Waals surface area contributed by atoms with E-state index in [0.29, 0.717) is 12.0 Å². The number of likely N-dealkylation sites (N-methyl/N-ethyl adjacent to an activating group) is 3. The summed E-state index contributed by atoms with van der Waals surface area (Å²) in [6.45, 7) is 7.20. The zero-order valence-electron chi connectivity index (χ0n) is 54.0. The van der Waals surface area contributed by atoms with E-state index in [1.165, 1.54) is 79.7 Å². The zero-order chi connectivity index (χ0) is 71.3. The first-order chi connectivity index (χ1) is 46.5. The average Bonchev–Trinajstić information content (AvgIpc) is 1.12. The van der Waals surface area contributed by atoms with Crippen molar-refractivity contribution in [2.24, 2.45) is 17.6 Å². The number of anilines is 1. The molecule has 9 unspecified atom stereocenters. The van der Waals surface area contributed by atoms with Crippen LogP contribution in [0.5, 0.6) is 46.0 Å². The molecule has 518 valence electrons. The first-order valence-electron chi connectivity index (χ1n) is 31.1. The minimum atomic E-state index is -2.27. The van der Waals surface area contributed by atoms with E-state index in [1.807, 2.05) is 13.8 Å². The molecule has 9 bridgehead atoms. The number of primary amides is 1. The molecule has 0 saturated carbocycles. The van der Waals surface area contributed by atoms with Crippen LogP contribution in [0.25, 0.3) is 11.1 Å². The van der Waals surface area contributed by atoms with E-state index in [9.17, 15) is 59.0 Å². The van der Waals surface area contributed by atoms with Crippen molar-refractivity contribution in [2.45, 2.75) is 114 Å². The zero-order valence-corrected chi connectivity index (χ0v) is 54.8.